The molecule has 0 heterocycles. The molecule has 8 nitrogen and oxygen atoms in total. The molecule has 0 radical (unpaired) electrons. The lowest BCUT2D eigenvalue weighted by atomic mass is 10.0. The number of sulfonamides is 1. The molecule has 1 unspecified atom stereocenters. The van der Waals surface area contributed by atoms with Crippen molar-refractivity contribution in [1.82, 2.24) is 10.2 Å². The fourth-order valence-corrected chi connectivity index (χ4v) is 7.04. The van der Waals surface area contributed by atoms with Crippen LogP contribution in [0.4, 0.5) is 5.69 Å². The van der Waals surface area contributed by atoms with Crippen molar-refractivity contribution >= 4 is 50.7 Å². The lowest BCUT2D eigenvalue weighted by Crippen LogP contribution is -2.53. The number of hydrogen-bond donors (Lipinski definition) is 1. The molecule has 0 aliphatic rings. The first-order chi connectivity index (χ1) is 22.8. The first-order valence-corrected chi connectivity index (χ1v) is 17.8. The minimum Gasteiger partial charge on any atom is -0.495 e. The van der Waals surface area contributed by atoms with Gasteiger partial charge >= 0.3 is 0 Å². The molecule has 0 saturated heterocycles. The largest absolute Gasteiger partial charge is 0.495 e. The molecular formula is C37H41Cl2N3O5S. The van der Waals surface area contributed by atoms with Crippen LogP contribution in [0, 0.1) is 19.8 Å². The summed E-state index contributed by atoms with van der Waals surface area (Å²) in [4.78, 5) is 30.1. The topological polar surface area (TPSA) is 96.0 Å². The molecule has 0 aliphatic carbocycles. The molecule has 254 valence electrons. The molecule has 4 aromatic rings. The van der Waals surface area contributed by atoms with Crippen LogP contribution in [0.2, 0.25) is 10.0 Å². The standard InChI is InChI=1S/C37H41Cl2N3O5S/c1-25(2)22-40-37(44)34(20-28-9-7-6-8-10-28)41(23-29-14-15-30(38)21-32(29)39)36(43)24-42(33-19-27(4)13-18-35(33)47-5)48(45,46)31-16-11-26(3)12-17-31/h6-19,21,25,34H,20,22-24H2,1-5H3,(H,40,44). The lowest BCUT2D eigenvalue weighted by molar-refractivity contribution is -0.140. The number of halogens is 2. The highest BCUT2D eigenvalue weighted by atomic mass is 35.5. The number of carbonyl (C=O) groups is 2. The first kappa shape index (κ1) is 36.8. The van der Waals surface area contributed by atoms with E-state index in [0.717, 1.165) is 21.0 Å². The number of nitrogens with zero attached hydrogens (tertiary/aromatic N) is 2. The van der Waals surface area contributed by atoms with E-state index in [1.165, 1.54) is 24.1 Å². The van der Waals surface area contributed by atoms with Gasteiger partial charge in [-0.1, -0.05) is 97.2 Å². The van der Waals surface area contributed by atoms with Crippen molar-refractivity contribution in [3.63, 3.8) is 0 Å². The van der Waals surface area contributed by atoms with Crippen LogP contribution in [0.1, 0.15) is 36.1 Å². The predicted molar refractivity (Wildman–Crippen MR) is 192 cm³/mol. The van der Waals surface area contributed by atoms with Gasteiger partial charge in [0.15, 0.2) is 0 Å². The molecule has 1 atom stereocenters. The van der Waals surface area contributed by atoms with Gasteiger partial charge in [-0.15, -0.1) is 0 Å². The summed E-state index contributed by atoms with van der Waals surface area (Å²) in [6.07, 6.45) is 0.181. The molecule has 0 spiro atoms. The Kier molecular flexibility index (Phi) is 12.5. The highest BCUT2D eigenvalue weighted by Gasteiger charge is 2.36. The molecule has 0 fully saturated rings. The highest BCUT2D eigenvalue weighted by molar-refractivity contribution is 7.92. The minimum absolute atomic E-state index is 0.00673. The van der Waals surface area contributed by atoms with E-state index in [9.17, 15) is 18.0 Å². The predicted octanol–water partition coefficient (Wildman–Crippen LogP) is 7.23. The maximum Gasteiger partial charge on any atom is 0.264 e. The van der Waals surface area contributed by atoms with E-state index in [-0.39, 0.29) is 41.1 Å². The highest BCUT2D eigenvalue weighted by Crippen LogP contribution is 2.34. The molecule has 48 heavy (non-hydrogen) atoms. The van der Waals surface area contributed by atoms with E-state index in [4.69, 9.17) is 27.9 Å². The second-order valence-electron chi connectivity index (χ2n) is 12.1. The molecule has 0 aliphatic heterocycles. The van der Waals surface area contributed by atoms with Crippen LogP contribution in [0.25, 0.3) is 0 Å². The summed E-state index contributed by atoms with van der Waals surface area (Å²) < 4.78 is 35.4. The van der Waals surface area contributed by atoms with Crippen LogP contribution in [0.3, 0.4) is 0 Å². The van der Waals surface area contributed by atoms with Gasteiger partial charge in [0, 0.05) is 29.6 Å². The molecule has 4 aromatic carbocycles. The van der Waals surface area contributed by atoms with Gasteiger partial charge in [-0.05, 0) is 72.9 Å². The smallest absolute Gasteiger partial charge is 0.264 e. The lowest BCUT2D eigenvalue weighted by Gasteiger charge is -2.34. The van der Waals surface area contributed by atoms with Gasteiger partial charge < -0.3 is 15.0 Å². The Morgan fingerprint density at radius 2 is 1.54 bits per heavy atom. The third kappa shape index (κ3) is 9.30. The third-order valence-electron chi connectivity index (χ3n) is 7.80. The van der Waals surface area contributed by atoms with Gasteiger partial charge in [0.2, 0.25) is 11.8 Å². The van der Waals surface area contributed by atoms with E-state index in [2.05, 4.69) is 5.32 Å². The van der Waals surface area contributed by atoms with Gasteiger partial charge in [0.25, 0.3) is 10.0 Å². The molecule has 0 bridgehead atoms. The van der Waals surface area contributed by atoms with Crippen LogP contribution >= 0.6 is 23.2 Å². The molecular weight excluding hydrogens is 669 g/mol. The molecule has 0 saturated carbocycles. The van der Waals surface area contributed by atoms with Crippen molar-refractivity contribution < 1.29 is 22.7 Å². The SMILES string of the molecule is COc1ccc(C)cc1N(CC(=O)N(Cc1ccc(Cl)cc1Cl)C(Cc1ccccc1)C(=O)NCC(C)C)S(=O)(=O)c1ccc(C)cc1. The van der Waals surface area contributed by atoms with Crippen LogP contribution in [-0.2, 0) is 32.6 Å². The number of hydrogen-bond acceptors (Lipinski definition) is 5. The van der Waals surface area contributed by atoms with Crippen LogP contribution in [0.5, 0.6) is 5.75 Å². The van der Waals surface area contributed by atoms with Gasteiger partial charge in [-0.3, -0.25) is 13.9 Å². The van der Waals surface area contributed by atoms with Crippen LogP contribution in [0.15, 0.2) is 95.9 Å². The Labute approximate surface area is 293 Å². The number of methoxy groups -OCH3 is 1. The summed E-state index contributed by atoms with van der Waals surface area (Å²) in [5, 5.41) is 3.71. The van der Waals surface area contributed by atoms with Crippen molar-refractivity contribution in [3.8, 4) is 5.75 Å². The number of ether oxygens (including phenoxy) is 1. The van der Waals surface area contributed by atoms with E-state index in [0.29, 0.717) is 22.2 Å². The van der Waals surface area contributed by atoms with Gasteiger partial charge in [-0.25, -0.2) is 8.42 Å². The van der Waals surface area contributed by atoms with E-state index in [1.54, 1.807) is 48.5 Å². The average molecular weight is 711 g/mol. The van der Waals surface area contributed by atoms with Gasteiger partial charge in [0.1, 0.15) is 18.3 Å². The Balaban J connectivity index is 1.87. The van der Waals surface area contributed by atoms with E-state index in [1.807, 2.05) is 58.0 Å². The van der Waals surface area contributed by atoms with Crippen molar-refractivity contribution in [3.05, 3.63) is 123 Å². The molecule has 11 heteroatoms. The zero-order valence-corrected chi connectivity index (χ0v) is 30.1. The van der Waals surface area contributed by atoms with Gasteiger partial charge in [0.05, 0.1) is 17.7 Å². The van der Waals surface area contributed by atoms with E-state index >= 15 is 0 Å². The summed E-state index contributed by atoms with van der Waals surface area (Å²) in [5.41, 5.74) is 3.21. The van der Waals surface area contributed by atoms with Crippen molar-refractivity contribution in [2.45, 2.75) is 51.6 Å². The van der Waals surface area contributed by atoms with Crippen molar-refractivity contribution in [2.24, 2.45) is 5.92 Å². The second kappa shape index (κ2) is 16.4. The number of carbonyl (C=O) groups excluding carboxylic acids is 2. The summed E-state index contributed by atoms with van der Waals surface area (Å²) in [6, 6.07) is 24.8. The van der Waals surface area contributed by atoms with Crippen LogP contribution < -0.4 is 14.4 Å². The zero-order valence-electron chi connectivity index (χ0n) is 27.7. The number of nitrogens with one attached hydrogen (secondary N) is 1. The Morgan fingerprint density at radius 3 is 2.17 bits per heavy atom. The molecule has 1 N–H and O–H groups in total. The maximum absolute atomic E-state index is 14.7. The zero-order chi connectivity index (χ0) is 35.0. The number of anilines is 1. The number of benzene rings is 4. The Morgan fingerprint density at radius 1 is 0.875 bits per heavy atom. The third-order valence-corrected chi connectivity index (χ3v) is 10.2. The summed E-state index contributed by atoms with van der Waals surface area (Å²) >= 11 is 12.8. The van der Waals surface area contributed by atoms with Crippen LogP contribution in [-0.4, -0.2) is 51.4 Å². The number of rotatable bonds is 14. The summed E-state index contributed by atoms with van der Waals surface area (Å²) in [5.74, 6) is -0.551. The van der Waals surface area contributed by atoms with Crippen molar-refractivity contribution in [1.29, 1.82) is 0 Å². The monoisotopic (exact) mass is 709 g/mol. The normalized spacial score (nSPS) is 12.0. The van der Waals surface area contributed by atoms with Gasteiger partial charge in [-0.2, -0.15) is 0 Å². The fourth-order valence-electron chi connectivity index (χ4n) is 5.16. The maximum atomic E-state index is 14.7. The number of amides is 2. The minimum atomic E-state index is -4.30. The Bertz CT molecular complexity index is 1830. The first-order valence-electron chi connectivity index (χ1n) is 15.6. The number of aryl methyl sites for hydroxylation is 2. The Hall–Kier alpha value is -4.05. The molecule has 4 rings (SSSR count). The quantitative estimate of drug-likeness (QED) is 0.149. The molecule has 0 aromatic heterocycles. The average Bonchev–Trinajstić information content (AvgIpc) is 3.05. The molecule has 2 amide bonds. The summed E-state index contributed by atoms with van der Waals surface area (Å²) in [6.45, 7) is 7.33. The summed E-state index contributed by atoms with van der Waals surface area (Å²) in [7, 11) is -2.86. The van der Waals surface area contributed by atoms with Crippen molar-refractivity contribution in [2.75, 3.05) is 24.5 Å². The fraction of sp³-hybridized carbons (Fsp3) is 0.297. The second-order valence-corrected chi connectivity index (χ2v) is 14.8. The van der Waals surface area contributed by atoms with E-state index < -0.39 is 28.5 Å².